The van der Waals surface area contributed by atoms with Gasteiger partial charge in [0.1, 0.15) is 0 Å². The van der Waals surface area contributed by atoms with Crippen LogP contribution in [0.2, 0.25) is 0 Å². The Labute approximate surface area is 81.7 Å². The number of benzene rings is 1. The molecule has 1 aromatic heterocycles. The third-order valence-corrected chi connectivity index (χ3v) is 2.37. The molecule has 14 heavy (non-hydrogen) atoms. The molecule has 1 aromatic carbocycles. The van der Waals surface area contributed by atoms with Gasteiger partial charge in [0.15, 0.2) is 0 Å². The molecular formula is C10H13N3O. The molecule has 0 saturated heterocycles. The van der Waals surface area contributed by atoms with Crippen LogP contribution in [0, 0.1) is 0 Å². The van der Waals surface area contributed by atoms with Crippen molar-refractivity contribution >= 4 is 16.6 Å². The Morgan fingerprint density at radius 2 is 2.07 bits per heavy atom. The first-order chi connectivity index (χ1) is 6.59. The SMILES string of the molecule is CN(C)c1ccc2c(c1)c(=O)[nH]n2C. The fourth-order valence-electron chi connectivity index (χ4n) is 1.55. The topological polar surface area (TPSA) is 41.0 Å². The van der Waals surface area contributed by atoms with Crippen LogP contribution in [-0.4, -0.2) is 23.9 Å². The minimum Gasteiger partial charge on any atom is -0.378 e. The summed E-state index contributed by atoms with van der Waals surface area (Å²) in [6.45, 7) is 0. The van der Waals surface area contributed by atoms with E-state index in [1.165, 1.54) is 0 Å². The van der Waals surface area contributed by atoms with Crippen molar-refractivity contribution in [1.82, 2.24) is 9.78 Å². The van der Waals surface area contributed by atoms with Crippen molar-refractivity contribution in [3.05, 3.63) is 28.6 Å². The van der Waals surface area contributed by atoms with Crippen LogP contribution >= 0.6 is 0 Å². The summed E-state index contributed by atoms with van der Waals surface area (Å²) >= 11 is 0. The standard InChI is InChI=1S/C10H13N3O/c1-12(2)7-4-5-9-8(6-7)10(14)11-13(9)3/h4-6H,1-3H3,(H,11,14). The highest BCUT2D eigenvalue weighted by molar-refractivity contribution is 5.82. The van der Waals surface area contributed by atoms with Crippen LogP contribution in [0.1, 0.15) is 0 Å². The molecule has 0 saturated carbocycles. The first kappa shape index (κ1) is 8.87. The zero-order valence-electron chi connectivity index (χ0n) is 8.53. The third kappa shape index (κ3) is 1.19. The maximum atomic E-state index is 11.5. The number of rotatable bonds is 1. The van der Waals surface area contributed by atoms with Gasteiger partial charge in [-0.1, -0.05) is 0 Å². The molecular weight excluding hydrogens is 178 g/mol. The minimum absolute atomic E-state index is 0.0359. The monoisotopic (exact) mass is 191 g/mol. The molecule has 4 nitrogen and oxygen atoms in total. The van der Waals surface area contributed by atoms with Crippen LogP contribution in [0.4, 0.5) is 5.69 Å². The van der Waals surface area contributed by atoms with Crippen molar-refractivity contribution in [3.8, 4) is 0 Å². The largest absolute Gasteiger partial charge is 0.378 e. The second kappa shape index (κ2) is 2.90. The molecule has 0 radical (unpaired) electrons. The number of aryl methyl sites for hydroxylation is 1. The van der Waals surface area contributed by atoms with Gasteiger partial charge in [-0.25, -0.2) is 0 Å². The Morgan fingerprint density at radius 3 is 2.71 bits per heavy atom. The second-order valence-corrected chi connectivity index (χ2v) is 3.60. The number of aromatic amines is 1. The minimum atomic E-state index is -0.0359. The molecule has 0 atom stereocenters. The second-order valence-electron chi connectivity index (χ2n) is 3.60. The summed E-state index contributed by atoms with van der Waals surface area (Å²) in [5, 5.41) is 3.46. The lowest BCUT2D eigenvalue weighted by Gasteiger charge is -2.11. The van der Waals surface area contributed by atoms with E-state index in [0.29, 0.717) is 0 Å². The maximum Gasteiger partial charge on any atom is 0.272 e. The average Bonchev–Trinajstić information content (AvgIpc) is 2.42. The van der Waals surface area contributed by atoms with Crippen molar-refractivity contribution in [2.45, 2.75) is 0 Å². The fourth-order valence-corrected chi connectivity index (χ4v) is 1.55. The molecule has 0 aliphatic heterocycles. The molecule has 0 unspecified atom stereocenters. The van der Waals surface area contributed by atoms with E-state index in [0.717, 1.165) is 16.6 Å². The number of anilines is 1. The van der Waals surface area contributed by atoms with E-state index in [1.54, 1.807) is 4.68 Å². The molecule has 2 rings (SSSR count). The first-order valence-electron chi connectivity index (χ1n) is 4.45. The van der Waals surface area contributed by atoms with Crippen LogP contribution in [0.25, 0.3) is 10.9 Å². The summed E-state index contributed by atoms with van der Waals surface area (Å²) in [6, 6.07) is 5.84. The van der Waals surface area contributed by atoms with Gasteiger partial charge in [0.25, 0.3) is 5.56 Å². The lowest BCUT2D eigenvalue weighted by molar-refractivity contribution is 0.783. The van der Waals surface area contributed by atoms with Crippen LogP contribution in [-0.2, 0) is 7.05 Å². The lowest BCUT2D eigenvalue weighted by Crippen LogP contribution is -2.08. The normalized spacial score (nSPS) is 10.8. The summed E-state index contributed by atoms with van der Waals surface area (Å²) in [6.07, 6.45) is 0. The van der Waals surface area contributed by atoms with E-state index in [9.17, 15) is 4.79 Å². The summed E-state index contributed by atoms with van der Waals surface area (Å²) < 4.78 is 1.73. The smallest absolute Gasteiger partial charge is 0.272 e. The van der Waals surface area contributed by atoms with E-state index >= 15 is 0 Å². The molecule has 0 spiro atoms. The Balaban J connectivity index is 2.77. The van der Waals surface area contributed by atoms with Gasteiger partial charge in [-0.05, 0) is 18.2 Å². The molecule has 0 aliphatic rings. The van der Waals surface area contributed by atoms with Gasteiger partial charge in [-0.15, -0.1) is 0 Å². The highest BCUT2D eigenvalue weighted by Gasteiger charge is 2.05. The number of hydrogen-bond donors (Lipinski definition) is 1. The molecule has 1 N–H and O–H groups in total. The van der Waals surface area contributed by atoms with Gasteiger partial charge in [-0.3, -0.25) is 14.6 Å². The van der Waals surface area contributed by atoms with Gasteiger partial charge < -0.3 is 4.90 Å². The summed E-state index contributed by atoms with van der Waals surface area (Å²) in [4.78, 5) is 13.5. The molecule has 0 bridgehead atoms. The van der Waals surface area contributed by atoms with Crippen molar-refractivity contribution in [2.75, 3.05) is 19.0 Å². The number of hydrogen-bond acceptors (Lipinski definition) is 2. The van der Waals surface area contributed by atoms with Gasteiger partial charge in [0.2, 0.25) is 0 Å². The predicted molar refractivity (Wildman–Crippen MR) is 57.9 cm³/mol. The number of aromatic nitrogens is 2. The van der Waals surface area contributed by atoms with E-state index in [-0.39, 0.29) is 5.56 Å². The Hall–Kier alpha value is -1.71. The predicted octanol–water partition coefficient (Wildman–Crippen LogP) is 0.933. The quantitative estimate of drug-likeness (QED) is 0.728. The lowest BCUT2D eigenvalue weighted by atomic mass is 10.2. The summed E-state index contributed by atoms with van der Waals surface area (Å²) in [7, 11) is 5.75. The average molecular weight is 191 g/mol. The van der Waals surface area contributed by atoms with Crippen LogP contribution in [0.15, 0.2) is 23.0 Å². The van der Waals surface area contributed by atoms with Crippen molar-refractivity contribution < 1.29 is 0 Å². The number of nitrogens with zero attached hydrogens (tertiary/aromatic N) is 2. The number of fused-ring (bicyclic) bond motifs is 1. The fraction of sp³-hybridized carbons (Fsp3) is 0.300. The Morgan fingerprint density at radius 1 is 1.36 bits per heavy atom. The molecule has 0 amide bonds. The Bertz CT molecular complexity index is 522. The van der Waals surface area contributed by atoms with E-state index < -0.39 is 0 Å². The molecule has 4 heteroatoms. The van der Waals surface area contributed by atoms with E-state index in [1.807, 2.05) is 44.2 Å². The third-order valence-electron chi connectivity index (χ3n) is 2.37. The molecule has 0 aliphatic carbocycles. The highest BCUT2D eigenvalue weighted by Crippen LogP contribution is 2.17. The van der Waals surface area contributed by atoms with E-state index in [2.05, 4.69) is 5.10 Å². The van der Waals surface area contributed by atoms with Crippen molar-refractivity contribution in [2.24, 2.45) is 7.05 Å². The molecule has 0 fully saturated rings. The number of nitrogens with one attached hydrogen (secondary N) is 1. The molecule has 2 aromatic rings. The maximum absolute atomic E-state index is 11.5. The zero-order valence-corrected chi connectivity index (χ0v) is 8.53. The van der Waals surface area contributed by atoms with Gasteiger partial charge in [0, 0.05) is 26.8 Å². The highest BCUT2D eigenvalue weighted by atomic mass is 16.1. The van der Waals surface area contributed by atoms with Crippen LogP contribution in [0.3, 0.4) is 0 Å². The van der Waals surface area contributed by atoms with Crippen molar-refractivity contribution in [1.29, 1.82) is 0 Å². The van der Waals surface area contributed by atoms with E-state index in [4.69, 9.17) is 0 Å². The Kier molecular flexibility index (Phi) is 1.84. The van der Waals surface area contributed by atoms with Gasteiger partial charge >= 0.3 is 0 Å². The summed E-state index contributed by atoms with van der Waals surface area (Å²) in [5.74, 6) is 0. The first-order valence-corrected chi connectivity index (χ1v) is 4.45. The van der Waals surface area contributed by atoms with Gasteiger partial charge in [0.05, 0.1) is 10.9 Å². The molecule has 74 valence electrons. The molecule has 1 heterocycles. The van der Waals surface area contributed by atoms with Crippen LogP contribution in [0.5, 0.6) is 0 Å². The van der Waals surface area contributed by atoms with Crippen LogP contribution < -0.4 is 10.5 Å². The number of H-pyrrole nitrogens is 1. The van der Waals surface area contributed by atoms with Crippen molar-refractivity contribution in [3.63, 3.8) is 0 Å². The summed E-state index contributed by atoms with van der Waals surface area (Å²) in [5.41, 5.74) is 1.93. The zero-order chi connectivity index (χ0) is 10.3. The van der Waals surface area contributed by atoms with Gasteiger partial charge in [-0.2, -0.15) is 0 Å².